The number of aryl methyl sites for hydroxylation is 1. The number of rotatable bonds is 7. The molecule has 6 heteroatoms. The number of anilines is 2. The molecule has 0 unspecified atom stereocenters. The number of nitrogens with one attached hydrogen (secondary N) is 1. The molecule has 21 heavy (non-hydrogen) atoms. The Kier molecular flexibility index (Phi) is 5.36. The number of hydrogen-bond acceptors (Lipinski definition) is 6. The van der Waals surface area contributed by atoms with E-state index in [9.17, 15) is 0 Å². The lowest BCUT2D eigenvalue weighted by molar-refractivity contribution is 0.401. The zero-order valence-electron chi connectivity index (χ0n) is 13.6. The standard InChI is InChI=1S/C15H25N5S/c1-6-16-15-17-13(20(5)9-7-8-19(3)4)12-10-11(2)21-14(12)18-15/h10H,6-9H2,1-5H3,(H,16,17,18). The lowest BCUT2D eigenvalue weighted by Gasteiger charge is -2.20. The van der Waals surface area contributed by atoms with Crippen molar-refractivity contribution in [2.45, 2.75) is 20.3 Å². The van der Waals surface area contributed by atoms with Gasteiger partial charge in [0.1, 0.15) is 10.6 Å². The Hall–Kier alpha value is -1.40. The van der Waals surface area contributed by atoms with Crippen molar-refractivity contribution in [3.8, 4) is 0 Å². The van der Waals surface area contributed by atoms with E-state index in [0.29, 0.717) is 0 Å². The van der Waals surface area contributed by atoms with Gasteiger partial charge >= 0.3 is 0 Å². The van der Waals surface area contributed by atoms with Crippen molar-refractivity contribution >= 4 is 33.3 Å². The molecule has 116 valence electrons. The van der Waals surface area contributed by atoms with Crippen LogP contribution in [0.1, 0.15) is 18.2 Å². The molecule has 1 N–H and O–H groups in total. The summed E-state index contributed by atoms with van der Waals surface area (Å²) in [5.74, 6) is 1.75. The molecule has 0 spiro atoms. The molecule has 0 bridgehead atoms. The minimum atomic E-state index is 0.723. The van der Waals surface area contributed by atoms with Gasteiger partial charge in [-0.05, 0) is 47.0 Å². The van der Waals surface area contributed by atoms with Crippen molar-refractivity contribution in [3.05, 3.63) is 10.9 Å². The molecule has 0 radical (unpaired) electrons. The van der Waals surface area contributed by atoms with E-state index in [-0.39, 0.29) is 0 Å². The van der Waals surface area contributed by atoms with Crippen LogP contribution < -0.4 is 10.2 Å². The van der Waals surface area contributed by atoms with E-state index in [1.807, 2.05) is 0 Å². The van der Waals surface area contributed by atoms with Gasteiger partial charge in [0.25, 0.3) is 0 Å². The highest BCUT2D eigenvalue weighted by Gasteiger charge is 2.13. The van der Waals surface area contributed by atoms with Gasteiger partial charge < -0.3 is 15.1 Å². The van der Waals surface area contributed by atoms with Gasteiger partial charge in [0.05, 0.1) is 5.39 Å². The van der Waals surface area contributed by atoms with Gasteiger partial charge in [-0.2, -0.15) is 4.98 Å². The molecule has 2 rings (SSSR count). The molecule has 0 aliphatic carbocycles. The SMILES string of the molecule is CCNc1nc(N(C)CCCN(C)C)c2cc(C)sc2n1. The molecular formula is C15H25N5S. The molecule has 0 saturated heterocycles. The van der Waals surface area contributed by atoms with Crippen LogP contribution in [-0.4, -0.2) is 55.6 Å². The lowest BCUT2D eigenvalue weighted by atomic mass is 10.3. The van der Waals surface area contributed by atoms with Crippen LogP contribution in [-0.2, 0) is 0 Å². The van der Waals surface area contributed by atoms with Crippen LogP contribution in [0.2, 0.25) is 0 Å². The highest BCUT2D eigenvalue weighted by Crippen LogP contribution is 2.31. The fraction of sp³-hybridized carbons (Fsp3) is 0.600. The second-order valence-corrected chi connectivity index (χ2v) is 6.79. The normalized spacial score (nSPS) is 11.3. The number of hydrogen-bond donors (Lipinski definition) is 1. The average Bonchev–Trinajstić information content (AvgIpc) is 2.77. The smallest absolute Gasteiger partial charge is 0.226 e. The van der Waals surface area contributed by atoms with Crippen LogP contribution in [0.4, 0.5) is 11.8 Å². The third kappa shape index (κ3) is 4.04. The van der Waals surface area contributed by atoms with Gasteiger partial charge in [0.2, 0.25) is 5.95 Å². The number of aromatic nitrogens is 2. The highest BCUT2D eigenvalue weighted by atomic mass is 32.1. The predicted molar refractivity (Wildman–Crippen MR) is 92.8 cm³/mol. The molecule has 2 heterocycles. The van der Waals surface area contributed by atoms with Gasteiger partial charge in [-0.1, -0.05) is 0 Å². The summed E-state index contributed by atoms with van der Waals surface area (Å²) in [5, 5.41) is 4.39. The van der Waals surface area contributed by atoms with Gasteiger partial charge in [0, 0.05) is 25.0 Å². The number of thiophene rings is 1. The molecule has 2 aromatic rings. The maximum Gasteiger partial charge on any atom is 0.226 e. The van der Waals surface area contributed by atoms with E-state index >= 15 is 0 Å². The van der Waals surface area contributed by atoms with Gasteiger partial charge in [0.15, 0.2) is 0 Å². The van der Waals surface area contributed by atoms with Crippen LogP contribution in [0, 0.1) is 6.92 Å². The second kappa shape index (κ2) is 7.04. The van der Waals surface area contributed by atoms with E-state index in [2.05, 4.69) is 61.2 Å². The molecule has 0 atom stereocenters. The van der Waals surface area contributed by atoms with Gasteiger partial charge in [-0.3, -0.25) is 0 Å². The average molecular weight is 307 g/mol. The van der Waals surface area contributed by atoms with Crippen LogP contribution in [0.5, 0.6) is 0 Å². The quantitative estimate of drug-likeness (QED) is 0.852. The zero-order valence-corrected chi connectivity index (χ0v) is 14.4. The van der Waals surface area contributed by atoms with Crippen molar-refractivity contribution in [1.82, 2.24) is 14.9 Å². The molecule has 0 aromatic carbocycles. The first kappa shape index (κ1) is 16.0. The molecular weight excluding hydrogens is 282 g/mol. The van der Waals surface area contributed by atoms with Crippen molar-refractivity contribution in [2.24, 2.45) is 0 Å². The van der Waals surface area contributed by atoms with E-state index in [1.54, 1.807) is 11.3 Å². The molecule has 0 saturated carbocycles. The van der Waals surface area contributed by atoms with E-state index < -0.39 is 0 Å². The third-order valence-corrected chi connectivity index (χ3v) is 4.24. The highest BCUT2D eigenvalue weighted by molar-refractivity contribution is 7.18. The third-order valence-electron chi connectivity index (χ3n) is 3.29. The Labute approximate surface area is 131 Å². The second-order valence-electron chi connectivity index (χ2n) is 5.56. The first-order valence-corrected chi connectivity index (χ1v) is 8.20. The number of nitrogens with zero attached hydrogens (tertiary/aromatic N) is 4. The van der Waals surface area contributed by atoms with E-state index in [4.69, 9.17) is 4.98 Å². The summed E-state index contributed by atoms with van der Waals surface area (Å²) in [6, 6.07) is 2.19. The Morgan fingerprint density at radius 2 is 1.95 bits per heavy atom. The lowest BCUT2D eigenvalue weighted by Crippen LogP contribution is -2.24. The Bertz CT molecular complexity index is 593. The van der Waals surface area contributed by atoms with Crippen LogP contribution in [0.25, 0.3) is 10.2 Å². The maximum atomic E-state index is 4.70. The van der Waals surface area contributed by atoms with Crippen molar-refractivity contribution in [3.63, 3.8) is 0 Å². The summed E-state index contributed by atoms with van der Waals surface area (Å²) in [4.78, 5) is 16.1. The molecule has 5 nitrogen and oxygen atoms in total. The molecule has 2 aromatic heterocycles. The first-order chi connectivity index (χ1) is 10.0. The van der Waals surface area contributed by atoms with Crippen LogP contribution in [0.3, 0.4) is 0 Å². The molecule has 0 amide bonds. The Balaban J connectivity index is 2.26. The van der Waals surface area contributed by atoms with Crippen molar-refractivity contribution in [2.75, 3.05) is 51.0 Å². The monoisotopic (exact) mass is 307 g/mol. The predicted octanol–water partition coefficient (Wildman–Crippen LogP) is 2.82. The minimum absolute atomic E-state index is 0.723. The van der Waals surface area contributed by atoms with Crippen LogP contribution in [0.15, 0.2) is 6.07 Å². The largest absolute Gasteiger partial charge is 0.359 e. The fourth-order valence-corrected chi connectivity index (χ4v) is 3.16. The Morgan fingerprint density at radius 1 is 1.19 bits per heavy atom. The summed E-state index contributed by atoms with van der Waals surface area (Å²) in [5.41, 5.74) is 0. The number of fused-ring (bicyclic) bond motifs is 1. The molecule has 0 aliphatic heterocycles. The van der Waals surface area contributed by atoms with Crippen LogP contribution >= 0.6 is 11.3 Å². The summed E-state index contributed by atoms with van der Waals surface area (Å²) < 4.78 is 0. The van der Waals surface area contributed by atoms with Gasteiger partial charge in [-0.25, -0.2) is 4.98 Å². The Morgan fingerprint density at radius 3 is 2.62 bits per heavy atom. The zero-order chi connectivity index (χ0) is 15.4. The van der Waals surface area contributed by atoms with Crippen molar-refractivity contribution < 1.29 is 0 Å². The fourth-order valence-electron chi connectivity index (χ4n) is 2.29. The van der Waals surface area contributed by atoms with Gasteiger partial charge in [-0.15, -0.1) is 11.3 Å². The molecule has 0 fully saturated rings. The summed E-state index contributed by atoms with van der Waals surface area (Å²) in [6.07, 6.45) is 1.12. The summed E-state index contributed by atoms with van der Waals surface area (Å²) in [7, 11) is 6.32. The first-order valence-electron chi connectivity index (χ1n) is 7.39. The van der Waals surface area contributed by atoms with E-state index in [1.165, 1.54) is 4.88 Å². The molecule has 0 aliphatic rings. The van der Waals surface area contributed by atoms with E-state index in [0.717, 1.165) is 48.0 Å². The topological polar surface area (TPSA) is 44.3 Å². The minimum Gasteiger partial charge on any atom is -0.359 e. The van der Waals surface area contributed by atoms with Crippen molar-refractivity contribution in [1.29, 1.82) is 0 Å². The summed E-state index contributed by atoms with van der Waals surface area (Å²) in [6.45, 7) is 7.09. The maximum absolute atomic E-state index is 4.70. The summed E-state index contributed by atoms with van der Waals surface area (Å²) >= 11 is 1.73.